The predicted octanol–water partition coefficient (Wildman–Crippen LogP) is 1.49. The standard InChI is InChI=1S/C14H17NO4/c1-3-14(7-6-12(17)15-13(14)18)9-4-5-11(19-2)10(16)8-9/h4-5,8,16H,3,6-7H2,1-2H3,(H,15,17,18). The number of imide groups is 1. The van der Waals surface area contributed by atoms with Crippen molar-refractivity contribution in [1.29, 1.82) is 0 Å². The van der Waals surface area contributed by atoms with Crippen LogP contribution in [0.4, 0.5) is 0 Å². The van der Waals surface area contributed by atoms with Crippen molar-refractivity contribution in [2.24, 2.45) is 0 Å². The summed E-state index contributed by atoms with van der Waals surface area (Å²) in [5.41, 5.74) is -0.0456. The fourth-order valence-electron chi connectivity index (χ4n) is 2.55. The summed E-state index contributed by atoms with van der Waals surface area (Å²) in [6.07, 6.45) is 1.34. The molecule has 1 saturated heterocycles. The van der Waals surface area contributed by atoms with E-state index in [1.54, 1.807) is 12.1 Å². The molecular formula is C14H17NO4. The molecule has 2 N–H and O–H groups in total. The van der Waals surface area contributed by atoms with Crippen LogP contribution in [0.3, 0.4) is 0 Å². The average Bonchev–Trinajstić information content (AvgIpc) is 2.39. The fourth-order valence-corrected chi connectivity index (χ4v) is 2.55. The van der Waals surface area contributed by atoms with Crippen molar-refractivity contribution >= 4 is 11.8 Å². The van der Waals surface area contributed by atoms with Crippen LogP contribution in [0, 0.1) is 0 Å². The van der Waals surface area contributed by atoms with Crippen molar-refractivity contribution in [3.05, 3.63) is 23.8 Å². The van der Waals surface area contributed by atoms with Gasteiger partial charge in [-0.25, -0.2) is 0 Å². The van der Waals surface area contributed by atoms with Crippen LogP contribution in [0.2, 0.25) is 0 Å². The number of nitrogens with one attached hydrogen (secondary N) is 1. The third-order valence-electron chi connectivity index (χ3n) is 3.80. The van der Waals surface area contributed by atoms with E-state index in [0.29, 0.717) is 30.6 Å². The maximum atomic E-state index is 12.2. The van der Waals surface area contributed by atoms with Crippen LogP contribution in [0.5, 0.6) is 11.5 Å². The van der Waals surface area contributed by atoms with Gasteiger partial charge in [0.2, 0.25) is 11.8 Å². The van der Waals surface area contributed by atoms with Gasteiger partial charge in [0.05, 0.1) is 12.5 Å². The van der Waals surface area contributed by atoms with Crippen molar-refractivity contribution in [2.75, 3.05) is 7.11 Å². The topological polar surface area (TPSA) is 75.6 Å². The van der Waals surface area contributed by atoms with Crippen molar-refractivity contribution in [3.63, 3.8) is 0 Å². The Hall–Kier alpha value is -2.04. The number of hydrogen-bond donors (Lipinski definition) is 2. The summed E-state index contributed by atoms with van der Waals surface area (Å²) < 4.78 is 4.99. The Morgan fingerprint density at radius 3 is 2.68 bits per heavy atom. The number of benzene rings is 1. The summed E-state index contributed by atoms with van der Waals surface area (Å²) in [7, 11) is 1.47. The molecule has 1 aliphatic heterocycles. The summed E-state index contributed by atoms with van der Waals surface area (Å²) in [6.45, 7) is 1.90. The number of methoxy groups -OCH3 is 1. The summed E-state index contributed by atoms with van der Waals surface area (Å²) in [5, 5.41) is 12.2. The molecule has 0 spiro atoms. The minimum Gasteiger partial charge on any atom is -0.504 e. The minimum atomic E-state index is -0.752. The van der Waals surface area contributed by atoms with Gasteiger partial charge in [0.1, 0.15) is 0 Å². The van der Waals surface area contributed by atoms with Gasteiger partial charge in [0.15, 0.2) is 11.5 Å². The highest BCUT2D eigenvalue weighted by molar-refractivity contribution is 6.03. The van der Waals surface area contributed by atoms with Crippen LogP contribution in [0.1, 0.15) is 31.7 Å². The molecule has 1 atom stereocenters. The van der Waals surface area contributed by atoms with Crippen LogP contribution in [0.25, 0.3) is 0 Å². The smallest absolute Gasteiger partial charge is 0.237 e. The van der Waals surface area contributed by atoms with E-state index in [0.717, 1.165) is 0 Å². The highest BCUT2D eigenvalue weighted by Crippen LogP contribution is 2.39. The summed E-state index contributed by atoms with van der Waals surface area (Å²) in [4.78, 5) is 23.5. The lowest BCUT2D eigenvalue weighted by molar-refractivity contribution is -0.138. The molecular weight excluding hydrogens is 246 g/mol. The van der Waals surface area contributed by atoms with E-state index < -0.39 is 5.41 Å². The fraction of sp³-hybridized carbons (Fsp3) is 0.429. The Balaban J connectivity index is 2.44. The molecule has 102 valence electrons. The number of carbonyl (C=O) groups is 2. The molecule has 0 saturated carbocycles. The van der Waals surface area contributed by atoms with E-state index in [1.807, 2.05) is 6.92 Å². The van der Waals surface area contributed by atoms with Gasteiger partial charge >= 0.3 is 0 Å². The van der Waals surface area contributed by atoms with Gasteiger partial charge in [-0.15, -0.1) is 0 Å². The Morgan fingerprint density at radius 2 is 2.16 bits per heavy atom. The Bertz CT molecular complexity index is 526. The number of rotatable bonds is 3. The number of aromatic hydroxyl groups is 1. The summed E-state index contributed by atoms with van der Waals surface area (Å²) in [6, 6.07) is 4.93. The van der Waals surface area contributed by atoms with E-state index in [9.17, 15) is 14.7 Å². The summed E-state index contributed by atoms with van der Waals surface area (Å²) >= 11 is 0. The Kier molecular flexibility index (Phi) is 3.46. The van der Waals surface area contributed by atoms with Crippen molar-refractivity contribution < 1.29 is 19.4 Å². The van der Waals surface area contributed by atoms with Crippen molar-refractivity contribution in [1.82, 2.24) is 5.32 Å². The second kappa shape index (κ2) is 4.91. The molecule has 0 aliphatic carbocycles. The first-order chi connectivity index (χ1) is 9.03. The maximum Gasteiger partial charge on any atom is 0.237 e. The van der Waals surface area contributed by atoms with Gasteiger partial charge in [-0.1, -0.05) is 13.0 Å². The minimum absolute atomic E-state index is 0.00229. The number of ether oxygens (including phenoxy) is 1. The Labute approximate surface area is 111 Å². The molecule has 1 fully saturated rings. The lowest BCUT2D eigenvalue weighted by Crippen LogP contribution is -2.51. The molecule has 1 aromatic rings. The average molecular weight is 263 g/mol. The van der Waals surface area contributed by atoms with Crippen LogP contribution < -0.4 is 10.1 Å². The van der Waals surface area contributed by atoms with Gasteiger partial charge in [0, 0.05) is 6.42 Å². The largest absolute Gasteiger partial charge is 0.504 e. The van der Waals surface area contributed by atoms with Gasteiger partial charge in [0.25, 0.3) is 0 Å². The van der Waals surface area contributed by atoms with Crippen molar-refractivity contribution in [3.8, 4) is 11.5 Å². The van der Waals surface area contributed by atoms with Crippen LogP contribution in [-0.4, -0.2) is 24.0 Å². The van der Waals surface area contributed by atoms with Crippen LogP contribution in [-0.2, 0) is 15.0 Å². The van der Waals surface area contributed by atoms with Gasteiger partial charge in [-0.2, -0.15) is 0 Å². The normalized spacial score (nSPS) is 23.1. The summed E-state index contributed by atoms with van der Waals surface area (Å²) in [5.74, 6) is -0.178. The first-order valence-electron chi connectivity index (χ1n) is 6.25. The molecule has 1 unspecified atom stereocenters. The second-order valence-electron chi connectivity index (χ2n) is 4.70. The number of piperidine rings is 1. The molecule has 1 aliphatic rings. The van der Waals surface area contributed by atoms with Gasteiger partial charge in [-0.3, -0.25) is 14.9 Å². The predicted molar refractivity (Wildman–Crippen MR) is 69.0 cm³/mol. The zero-order chi connectivity index (χ0) is 14.0. The number of carbonyl (C=O) groups excluding carboxylic acids is 2. The third kappa shape index (κ3) is 2.16. The zero-order valence-corrected chi connectivity index (χ0v) is 11.0. The molecule has 5 heteroatoms. The molecule has 2 rings (SSSR count). The second-order valence-corrected chi connectivity index (χ2v) is 4.70. The lowest BCUT2D eigenvalue weighted by Gasteiger charge is -2.35. The van der Waals surface area contributed by atoms with Crippen molar-refractivity contribution in [2.45, 2.75) is 31.6 Å². The zero-order valence-electron chi connectivity index (χ0n) is 11.0. The number of phenols is 1. The van der Waals surface area contributed by atoms with E-state index in [2.05, 4.69) is 5.32 Å². The molecule has 19 heavy (non-hydrogen) atoms. The molecule has 2 amide bonds. The first-order valence-corrected chi connectivity index (χ1v) is 6.25. The van der Waals surface area contributed by atoms with Crippen LogP contribution >= 0.6 is 0 Å². The number of hydrogen-bond acceptors (Lipinski definition) is 4. The van der Waals surface area contributed by atoms with E-state index in [-0.39, 0.29) is 17.6 Å². The SMILES string of the molecule is CCC1(c2ccc(OC)c(O)c2)CCC(=O)NC1=O. The maximum absolute atomic E-state index is 12.2. The third-order valence-corrected chi connectivity index (χ3v) is 3.80. The van der Waals surface area contributed by atoms with Gasteiger partial charge < -0.3 is 9.84 Å². The molecule has 5 nitrogen and oxygen atoms in total. The monoisotopic (exact) mass is 263 g/mol. The molecule has 0 radical (unpaired) electrons. The number of phenolic OH excluding ortho intramolecular Hbond substituents is 1. The molecule has 1 aromatic carbocycles. The quantitative estimate of drug-likeness (QED) is 0.810. The van der Waals surface area contributed by atoms with E-state index >= 15 is 0 Å². The number of amides is 2. The van der Waals surface area contributed by atoms with E-state index in [4.69, 9.17) is 4.74 Å². The highest BCUT2D eigenvalue weighted by Gasteiger charge is 2.42. The highest BCUT2D eigenvalue weighted by atomic mass is 16.5. The molecule has 0 aromatic heterocycles. The molecule has 1 heterocycles. The Morgan fingerprint density at radius 1 is 1.42 bits per heavy atom. The van der Waals surface area contributed by atoms with Gasteiger partial charge in [-0.05, 0) is 30.5 Å². The first kappa shape index (κ1) is 13.4. The van der Waals surface area contributed by atoms with E-state index in [1.165, 1.54) is 13.2 Å². The van der Waals surface area contributed by atoms with Crippen LogP contribution in [0.15, 0.2) is 18.2 Å². The lowest BCUT2D eigenvalue weighted by atomic mass is 9.72. The molecule has 0 bridgehead atoms.